The minimum atomic E-state index is -0.627. The highest BCUT2D eigenvalue weighted by atomic mass is 35.5. The van der Waals surface area contributed by atoms with E-state index in [2.05, 4.69) is 15.8 Å². The second-order valence-electron chi connectivity index (χ2n) is 4.96. The van der Waals surface area contributed by atoms with Crippen LogP contribution in [-0.2, 0) is 16.0 Å². The normalized spacial score (nSPS) is 10.2. The molecule has 0 fully saturated rings. The molecule has 1 aromatic carbocycles. The van der Waals surface area contributed by atoms with Gasteiger partial charge in [0.15, 0.2) is 6.61 Å². The molecule has 1 aromatic heterocycles. The summed E-state index contributed by atoms with van der Waals surface area (Å²) in [6.45, 7) is 0.110. The summed E-state index contributed by atoms with van der Waals surface area (Å²) in [4.78, 5) is 22.3. The van der Waals surface area contributed by atoms with Crippen molar-refractivity contribution in [3.05, 3.63) is 41.1 Å². The predicted octanol–water partition coefficient (Wildman–Crippen LogP) is 2.40. The summed E-state index contributed by atoms with van der Waals surface area (Å²) in [5, 5.41) is 9.59. The van der Waals surface area contributed by atoms with E-state index in [1.807, 2.05) is 18.2 Å². The number of benzene rings is 1. The monoisotopic (exact) mass is 351 g/mol. The van der Waals surface area contributed by atoms with E-state index < -0.39 is 6.09 Å². The molecule has 0 aliphatic heterocycles. The van der Waals surface area contributed by atoms with E-state index in [0.29, 0.717) is 24.4 Å². The molecule has 24 heavy (non-hydrogen) atoms. The van der Waals surface area contributed by atoms with Crippen LogP contribution >= 0.6 is 11.6 Å². The first kappa shape index (κ1) is 17.8. The van der Waals surface area contributed by atoms with Gasteiger partial charge in [-0.1, -0.05) is 28.9 Å². The summed E-state index contributed by atoms with van der Waals surface area (Å²) in [5.41, 5.74) is 1.66. The Balaban J connectivity index is 1.71. The fourth-order valence-corrected chi connectivity index (χ4v) is 2.02. The van der Waals surface area contributed by atoms with E-state index in [9.17, 15) is 9.59 Å². The average Bonchev–Trinajstić information content (AvgIpc) is 3.06. The summed E-state index contributed by atoms with van der Waals surface area (Å²) in [5.74, 6) is 0.363. The fraction of sp³-hybridized carbons (Fsp3) is 0.312. The second-order valence-corrected chi connectivity index (χ2v) is 5.40. The number of aromatic nitrogens is 1. The number of aryl methyl sites for hydroxylation is 1. The van der Waals surface area contributed by atoms with Gasteiger partial charge in [0.05, 0.1) is 0 Å². The van der Waals surface area contributed by atoms with Gasteiger partial charge in [-0.2, -0.15) is 0 Å². The number of likely N-dealkylation sites (N-methyl/N-ethyl adjacent to an activating group) is 1. The predicted molar refractivity (Wildman–Crippen MR) is 88.7 cm³/mol. The SMILES string of the molecule is CNC(=O)COC(=O)NCCCc1cc(-c2ccc(Cl)cc2)no1. The molecule has 0 bridgehead atoms. The summed E-state index contributed by atoms with van der Waals surface area (Å²) < 4.78 is 9.98. The first-order chi connectivity index (χ1) is 11.6. The summed E-state index contributed by atoms with van der Waals surface area (Å²) >= 11 is 5.85. The van der Waals surface area contributed by atoms with E-state index in [0.717, 1.165) is 17.0 Å². The van der Waals surface area contributed by atoms with Crippen molar-refractivity contribution in [3.8, 4) is 11.3 Å². The highest BCUT2D eigenvalue weighted by Crippen LogP contribution is 2.21. The van der Waals surface area contributed by atoms with Gasteiger partial charge in [0.2, 0.25) is 0 Å². The van der Waals surface area contributed by atoms with Crippen molar-refractivity contribution in [1.82, 2.24) is 15.8 Å². The molecule has 128 valence electrons. The Bertz CT molecular complexity index is 685. The molecule has 2 amide bonds. The lowest BCUT2D eigenvalue weighted by Crippen LogP contribution is -2.31. The Hall–Kier alpha value is -2.54. The number of nitrogens with one attached hydrogen (secondary N) is 2. The molecule has 8 heteroatoms. The van der Waals surface area contributed by atoms with Gasteiger partial charge < -0.3 is 19.9 Å². The molecule has 1 heterocycles. The maximum absolute atomic E-state index is 11.3. The molecule has 2 aromatic rings. The van der Waals surface area contributed by atoms with E-state index >= 15 is 0 Å². The molecule has 7 nitrogen and oxygen atoms in total. The van der Waals surface area contributed by atoms with Crippen LogP contribution in [0.25, 0.3) is 11.3 Å². The number of ether oxygens (including phenoxy) is 1. The number of carbonyl (C=O) groups excluding carboxylic acids is 2. The fourth-order valence-electron chi connectivity index (χ4n) is 1.89. The molecule has 0 saturated carbocycles. The number of carbonyl (C=O) groups is 2. The van der Waals surface area contributed by atoms with Gasteiger partial charge >= 0.3 is 6.09 Å². The van der Waals surface area contributed by atoms with Crippen LogP contribution in [0.5, 0.6) is 0 Å². The number of nitrogens with zero attached hydrogens (tertiary/aromatic N) is 1. The Labute approximate surface area is 144 Å². The van der Waals surface area contributed by atoms with Crippen LogP contribution in [0, 0.1) is 0 Å². The Morgan fingerprint density at radius 1 is 1.29 bits per heavy atom. The van der Waals surface area contributed by atoms with Gasteiger partial charge in [0.1, 0.15) is 11.5 Å². The topological polar surface area (TPSA) is 93.5 Å². The minimum Gasteiger partial charge on any atom is -0.439 e. The van der Waals surface area contributed by atoms with Crippen molar-refractivity contribution in [1.29, 1.82) is 0 Å². The number of amides is 2. The van der Waals surface area contributed by atoms with Crippen molar-refractivity contribution in [2.75, 3.05) is 20.2 Å². The van der Waals surface area contributed by atoms with Gasteiger partial charge in [-0.3, -0.25) is 4.79 Å². The second kappa shape index (κ2) is 8.93. The zero-order valence-electron chi connectivity index (χ0n) is 13.2. The zero-order valence-corrected chi connectivity index (χ0v) is 13.9. The third kappa shape index (κ3) is 5.58. The summed E-state index contributed by atoms with van der Waals surface area (Å²) in [6, 6.07) is 9.17. The molecule has 0 spiro atoms. The molecule has 0 aliphatic rings. The number of alkyl carbamates (subject to hydrolysis) is 1. The Morgan fingerprint density at radius 3 is 2.75 bits per heavy atom. The van der Waals surface area contributed by atoms with Gasteiger partial charge in [-0.25, -0.2) is 4.79 Å². The van der Waals surface area contributed by atoms with Crippen LogP contribution in [0.2, 0.25) is 5.02 Å². The van der Waals surface area contributed by atoms with Crippen LogP contribution in [0.1, 0.15) is 12.2 Å². The molecular formula is C16H18ClN3O4. The first-order valence-electron chi connectivity index (χ1n) is 7.41. The molecule has 0 aliphatic carbocycles. The largest absolute Gasteiger partial charge is 0.439 e. The van der Waals surface area contributed by atoms with E-state index in [-0.39, 0.29) is 12.5 Å². The van der Waals surface area contributed by atoms with Crippen LogP contribution < -0.4 is 10.6 Å². The van der Waals surface area contributed by atoms with E-state index in [1.54, 1.807) is 12.1 Å². The van der Waals surface area contributed by atoms with Gasteiger partial charge in [-0.05, 0) is 18.6 Å². The summed E-state index contributed by atoms with van der Waals surface area (Å²) in [7, 11) is 1.47. The van der Waals surface area contributed by atoms with Crippen LogP contribution in [0.15, 0.2) is 34.9 Å². The lowest BCUT2D eigenvalue weighted by molar-refractivity contribution is -0.123. The van der Waals surface area contributed by atoms with Crippen LogP contribution in [-0.4, -0.2) is 37.4 Å². The molecule has 0 unspecified atom stereocenters. The van der Waals surface area contributed by atoms with Crippen molar-refractivity contribution in [2.24, 2.45) is 0 Å². The average molecular weight is 352 g/mol. The molecule has 0 atom stereocenters. The van der Waals surface area contributed by atoms with Crippen molar-refractivity contribution in [3.63, 3.8) is 0 Å². The molecule has 0 radical (unpaired) electrons. The Morgan fingerprint density at radius 2 is 2.04 bits per heavy atom. The molecule has 2 N–H and O–H groups in total. The van der Waals surface area contributed by atoms with Crippen LogP contribution in [0.3, 0.4) is 0 Å². The van der Waals surface area contributed by atoms with E-state index in [4.69, 9.17) is 20.9 Å². The zero-order chi connectivity index (χ0) is 17.4. The van der Waals surface area contributed by atoms with Gasteiger partial charge in [0, 0.05) is 36.7 Å². The molecule has 0 saturated heterocycles. The first-order valence-corrected chi connectivity index (χ1v) is 7.79. The minimum absolute atomic E-state index is 0.297. The quantitative estimate of drug-likeness (QED) is 0.747. The van der Waals surface area contributed by atoms with Crippen molar-refractivity contribution >= 4 is 23.6 Å². The third-order valence-electron chi connectivity index (χ3n) is 3.18. The van der Waals surface area contributed by atoms with Crippen molar-refractivity contribution < 1.29 is 18.8 Å². The highest BCUT2D eigenvalue weighted by molar-refractivity contribution is 6.30. The Kier molecular flexibility index (Phi) is 6.62. The number of hydrogen-bond donors (Lipinski definition) is 2. The smallest absolute Gasteiger partial charge is 0.407 e. The maximum Gasteiger partial charge on any atom is 0.407 e. The third-order valence-corrected chi connectivity index (χ3v) is 3.43. The maximum atomic E-state index is 11.3. The highest BCUT2D eigenvalue weighted by Gasteiger charge is 2.08. The lowest BCUT2D eigenvalue weighted by atomic mass is 10.1. The van der Waals surface area contributed by atoms with Gasteiger partial charge in [0.25, 0.3) is 5.91 Å². The number of rotatable bonds is 7. The molecular weight excluding hydrogens is 334 g/mol. The lowest BCUT2D eigenvalue weighted by Gasteiger charge is -2.05. The van der Waals surface area contributed by atoms with Crippen LogP contribution in [0.4, 0.5) is 4.79 Å². The number of halogens is 1. The van der Waals surface area contributed by atoms with Crippen molar-refractivity contribution in [2.45, 2.75) is 12.8 Å². The summed E-state index contributed by atoms with van der Waals surface area (Å²) in [6.07, 6.45) is 0.652. The number of hydrogen-bond acceptors (Lipinski definition) is 5. The molecule has 2 rings (SSSR count). The van der Waals surface area contributed by atoms with Gasteiger partial charge in [-0.15, -0.1) is 0 Å². The standard InChI is InChI=1S/C16H18ClN3O4/c1-18-15(21)10-23-16(22)19-8-2-3-13-9-14(20-24-13)11-4-6-12(17)7-5-11/h4-7,9H,2-3,8,10H2,1H3,(H,18,21)(H,19,22). The van der Waals surface area contributed by atoms with E-state index in [1.165, 1.54) is 7.05 Å².